The van der Waals surface area contributed by atoms with Crippen molar-refractivity contribution in [1.82, 2.24) is 4.90 Å². The number of rotatable bonds is 6. The zero-order chi connectivity index (χ0) is 19.2. The predicted octanol–water partition coefficient (Wildman–Crippen LogP) is 3.54. The number of imide groups is 1. The number of nitrogens with one attached hydrogen (secondary N) is 1. The van der Waals surface area contributed by atoms with Crippen LogP contribution in [0.15, 0.2) is 54.6 Å². The minimum absolute atomic E-state index is 0.177. The third-order valence-electron chi connectivity index (χ3n) is 3.96. The Kier molecular flexibility index (Phi) is 5.93. The molecule has 27 heavy (non-hydrogen) atoms. The molecule has 0 aliphatic carbocycles. The topological polar surface area (TPSA) is 75.7 Å². The van der Waals surface area contributed by atoms with Gasteiger partial charge in [-0.25, -0.2) is 0 Å². The smallest absolute Gasteiger partial charge is 0.289 e. The molecule has 2 aromatic carbocycles. The van der Waals surface area contributed by atoms with Gasteiger partial charge in [-0.15, -0.1) is 0 Å². The molecule has 1 N–H and O–H groups in total. The number of nitrogens with zero attached hydrogens (tertiary/aromatic N) is 1. The highest BCUT2D eigenvalue weighted by Gasteiger charge is 2.29. The van der Waals surface area contributed by atoms with Crippen LogP contribution in [0.3, 0.4) is 0 Å². The molecule has 3 rings (SSSR count). The Morgan fingerprint density at radius 1 is 1.19 bits per heavy atom. The largest absolute Gasteiger partial charge is 0.496 e. The maximum absolute atomic E-state index is 12.1. The number of carbonyl (C=O) groups excluding carboxylic acids is 3. The van der Waals surface area contributed by atoms with Gasteiger partial charge in [-0.1, -0.05) is 42.1 Å². The van der Waals surface area contributed by atoms with E-state index in [1.165, 1.54) is 11.0 Å². The van der Waals surface area contributed by atoms with Crippen molar-refractivity contribution in [3.05, 3.63) is 65.7 Å². The number of ether oxygens (including phenoxy) is 1. The van der Waals surface area contributed by atoms with Gasteiger partial charge in [0.25, 0.3) is 5.24 Å². The predicted molar refractivity (Wildman–Crippen MR) is 106 cm³/mol. The molecule has 1 aliphatic rings. The van der Waals surface area contributed by atoms with Crippen LogP contribution in [0, 0.1) is 0 Å². The lowest BCUT2D eigenvalue weighted by molar-refractivity contribution is -0.125. The first-order valence-corrected chi connectivity index (χ1v) is 9.23. The van der Waals surface area contributed by atoms with Crippen LogP contribution < -0.4 is 10.1 Å². The summed E-state index contributed by atoms with van der Waals surface area (Å²) in [5.74, 6) is 0.444. The molecule has 138 valence electrons. The SMILES string of the molecule is COc1ccccc1/C=C/C(=O)Nc1ccc(CN2C(=O)CSC2=O)cc1. The van der Waals surface area contributed by atoms with Gasteiger partial charge in [-0.3, -0.25) is 19.3 Å². The molecule has 1 saturated heterocycles. The lowest BCUT2D eigenvalue weighted by Crippen LogP contribution is -2.27. The molecular weight excluding hydrogens is 364 g/mol. The average molecular weight is 382 g/mol. The van der Waals surface area contributed by atoms with Crippen molar-refractivity contribution in [2.45, 2.75) is 6.54 Å². The second-order valence-electron chi connectivity index (χ2n) is 5.80. The highest BCUT2D eigenvalue weighted by atomic mass is 32.2. The summed E-state index contributed by atoms with van der Waals surface area (Å²) in [7, 11) is 1.58. The molecule has 1 aliphatic heterocycles. The summed E-state index contributed by atoms with van der Waals surface area (Å²) >= 11 is 1.01. The van der Waals surface area contributed by atoms with Crippen LogP contribution in [0.25, 0.3) is 6.08 Å². The Morgan fingerprint density at radius 2 is 1.93 bits per heavy atom. The minimum Gasteiger partial charge on any atom is -0.496 e. The van der Waals surface area contributed by atoms with E-state index in [1.807, 2.05) is 24.3 Å². The summed E-state index contributed by atoms with van der Waals surface area (Å²) < 4.78 is 5.24. The van der Waals surface area contributed by atoms with E-state index in [0.717, 1.165) is 22.9 Å². The zero-order valence-corrected chi connectivity index (χ0v) is 15.5. The van der Waals surface area contributed by atoms with E-state index >= 15 is 0 Å². The normalized spacial score (nSPS) is 14.0. The van der Waals surface area contributed by atoms with Crippen LogP contribution >= 0.6 is 11.8 Å². The lowest BCUT2D eigenvalue weighted by atomic mass is 10.2. The first-order chi connectivity index (χ1) is 13.1. The first-order valence-electron chi connectivity index (χ1n) is 8.25. The Morgan fingerprint density at radius 3 is 2.59 bits per heavy atom. The summed E-state index contributed by atoms with van der Waals surface area (Å²) in [6, 6.07) is 14.4. The van der Waals surface area contributed by atoms with Gasteiger partial charge in [-0.2, -0.15) is 0 Å². The molecule has 0 saturated carbocycles. The maximum atomic E-state index is 12.1. The third-order valence-corrected chi connectivity index (χ3v) is 4.81. The molecule has 0 unspecified atom stereocenters. The number of anilines is 1. The number of methoxy groups -OCH3 is 1. The highest BCUT2D eigenvalue weighted by molar-refractivity contribution is 8.14. The standard InChI is InChI=1S/C20H18N2O4S/c1-26-17-5-3-2-4-15(17)8-11-18(23)21-16-9-6-14(7-10-16)12-22-19(24)13-27-20(22)25/h2-11H,12-13H2,1H3,(H,21,23)/b11-8+. The fourth-order valence-corrected chi connectivity index (χ4v) is 3.29. The minimum atomic E-state index is -0.269. The molecule has 1 heterocycles. The van der Waals surface area contributed by atoms with Crippen LogP contribution in [0.5, 0.6) is 5.75 Å². The van der Waals surface area contributed by atoms with Crippen LogP contribution in [0.1, 0.15) is 11.1 Å². The van der Waals surface area contributed by atoms with Crippen molar-refractivity contribution < 1.29 is 19.1 Å². The molecule has 0 atom stereocenters. The Labute approximate surface area is 161 Å². The van der Waals surface area contributed by atoms with E-state index in [1.54, 1.807) is 37.5 Å². The summed E-state index contributed by atoms with van der Waals surface area (Å²) in [5.41, 5.74) is 2.26. The number of benzene rings is 2. The van der Waals surface area contributed by atoms with Gasteiger partial charge >= 0.3 is 0 Å². The molecule has 2 aromatic rings. The monoisotopic (exact) mass is 382 g/mol. The average Bonchev–Trinajstić information content (AvgIpc) is 3.00. The van der Waals surface area contributed by atoms with E-state index < -0.39 is 0 Å². The van der Waals surface area contributed by atoms with Crippen LogP contribution in [0.4, 0.5) is 10.5 Å². The molecule has 0 spiro atoms. The second-order valence-corrected chi connectivity index (χ2v) is 6.72. The van der Waals surface area contributed by atoms with Gasteiger partial charge in [0.1, 0.15) is 5.75 Å². The number of carbonyl (C=O) groups is 3. The summed E-state index contributed by atoms with van der Waals surface area (Å²) in [6.45, 7) is 0.243. The molecule has 1 fully saturated rings. The molecule has 3 amide bonds. The molecule has 6 nitrogen and oxygen atoms in total. The molecule has 0 aromatic heterocycles. The van der Waals surface area contributed by atoms with Gasteiger partial charge in [0.15, 0.2) is 0 Å². The Hall–Kier alpha value is -3.06. The number of para-hydroxylation sites is 1. The number of hydrogen-bond acceptors (Lipinski definition) is 5. The molecule has 0 radical (unpaired) electrons. The zero-order valence-electron chi connectivity index (χ0n) is 14.7. The van der Waals surface area contributed by atoms with Crippen molar-refractivity contribution in [3.63, 3.8) is 0 Å². The van der Waals surface area contributed by atoms with E-state index in [9.17, 15) is 14.4 Å². The van der Waals surface area contributed by atoms with E-state index in [2.05, 4.69) is 5.32 Å². The van der Waals surface area contributed by atoms with Crippen molar-refractivity contribution in [1.29, 1.82) is 0 Å². The van der Waals surface area contributed by atoms with Gasteiger partial charge in [-0.05, 0) is 29.8 Å². The number of hydrogen-bond donors (Lipinski definition) is 1. The van der Waals surface area contributed by atoms with Gasteiger partial charge < -0.3 is 10.1 Å². The summed E-state index contributed by atoms with van der Waals surface area (Å²) in [5, 5.41) is 2.55. The van der Waals surface area contributed by atoms with Crippen molar-refractivity contribution in [3.8, 4) is 5.75 Å². The first kappa shape index (κ1) is 18.7. The van der Waals surface area contributed by atoms with E-state index in [0.29, 0.717) is 11.4 Å². The number of amides is 3. The molecule has 0 bridgehead atoms. The van der Waals surface area contributed by atoms with Gasteiger partial charge in [0.2, 0.25) is 11.8 Å². The van der Waals surface area contributed by atoms with Crippen LogP contribution in [-0.4, -0.2) is 34.8 Å². The second kappa shape index (κ2) is 8.55. The quantitative estimate of drug-likeness (QED) is 0.774. The third kappa shape index (κ3) is 4.77. The Bertz CT molecular complexity index is 877. The highest BCUT2D eigenvalue weighted by Crippen LogP contribution is 2.22. The summed E-state index contributed by atoms with van der Waals surface area (Å²) in [6.07, 6.45) is 3.12. The van der Waals surface area contributed by atoms with Crippen molar-refractivity contribution >= 4 is 40.6 Å². The van der Waals surface area contributed by atoms with Crippen molar-refractivity contribution in [2.24, 2.45) is 0 Å². The molecule has 7 heteroatoms. The Balaban J connectivity index is 1.59. The lowest BCUT2D eigenvalue weighted by Gasteiger charge is -2.13. The number of thioether (sulfide) groups is 1. The summed E-state index contributed by atoms with van der Waals surface area (Å²) in [4.78, 5) is 36.6. The molecular formula is C20H18N2O4S. The van der Waals surface area contributed by atoms with Crippen LogP contribution in [-0.2, 0) is 16.1 Å². The van der Waals surface area contributed by atoms with Crippen molar-refractivity contribution in [2.75, 3.05) is 18.2 Å². The maximum Gasteiger partial charge on any atom is 0.289 e. The fraction of sp³-hybridized carbons (Fsp3) is 0.150. The van der Waals surface area contributed by atoms with E-state index in [-0.39, 0.29) is 29.4 Å². The van der Waals surface area contributed by atoms with Gasteiger partial charge in [0.05, 0.1) is 19.4 Å². The van der Waals surface area contributed by atoms with Crippen LogP contribution in [0.2, 0.25) is 0 Å². The van der Waals surface area contributed by atoms with Gasteiger partial charge in [0, 0.05) is 17.3 Å². The van der Waals surface area contributed by atoms with E-state index in [4.69, 9.17) is 4.74 Å². The fourth-order valence-electron chi connectivity index (χ4n) is 2.56.